The Kier molecular flexibility index (Phi) is 6.99. The number of pyridine rings is 1. The Morgan fingerprint density at radius 2 is 1.60 bits per heavy atom. The second-order valence-electron chi connectivity index (χ2n) is 7.04. The van der Waals surface area contributed by atoms with Gasteiger partial charge in [-0.2, -0.15) is 0 Å². The summed E-state index contributed by atoms with van der Waals surface area (Å²) in [6.07, 6.45) is -2.98. The average molecular weight is 423 g/mol. The first-order chi connectivity index (χ1) is 14.3. The van der Waals surface area contributed by atoms with Gasteiger partial charge in [-0.3, -0.25) is 0 Å². The van der Waals surface area contributed by atoms with E-state index in [1.165, 1.54) is 24.3 Å². The van der Waals surface area contributed by atoms with Crippen LogP contribution in [0.15, 0.2) is 42.6 Å². The second kappa shape index (κ2) is 9.66. The molecule has 0 unspecified atom stereocenters. The van der Waals surface area contributed by atoms with Crippen LogP contribution in [-0.2, 0) is 13.1 Å². The Morgan fingerprint density at radius 3 is 2.17 bits per heavy atom. The molecule has 0 saturated carbocycles. The van der Waals surface area contributed by atoms with Crippen molar-refractivity contribution in [2.75, 3.05) is 38.1 Å². The maximum atomic E-state index is 12.2. The van der Waals surface area contributed by atoms with Crippen molar-refractivity contribution >= 4 is 11.8 Å². The average Bonchev–Trinajstić information content (AvgIpc) is 2.72. The Morgan fingerprint density at radius 1 is 1.00 bits per heavy atom. The van der Waals surface area contributed by atoms with E-state index in [1.54, 1.807) is 6.20 Å². The van der Waals surface area contributed by atoms with Gasteiger partial charge >= 0.3 is 12.4 Å². The molecule has 0 aliphatic carbocycles. The van der Waals surface area contributed by atoms with Crippen molar-refractivity contribution in [3.8, 4) is 5.75 Å². The standard InChI is InChI=1S/C20H24F3N5O2/c1-27-8-10-28(11-9-27)18-7-4-16(13-24-18)14-26-19(29)25-12-15-2-5-17(6-3-15)30-20(21,22)23/h2-7,13H,8-12,14H2,1H3,(H2,25,26,29). The van der Waals surface area contributed by atoms with Gasteiger partial charge in [0.05, 0.1) is 0 Å². The van der Waals surface area contributed by atoms with Crippen molar-refractivity contribution in [3.63, 3.8) is 0 Å². The Hall–Kier alpha value is -3.01. The largest absolute Gasteiger partial charge is 0.573 e. The first kappa shape index (κ1) is 21.7. The van der Waals surface area contributed by atoms with Gasteiger partial charge in [-0.05, 0) is 36.4 Å². The zero-order valence-electron chi connectivity index (χ0n) is 16.6. The van der Waals surface area contributed by atoms with Gasteiger partial charge in [0.15, 0.2) is 0 Å². The molecular weight excluding hydrogens is 399 g/mol. The topological polar surface area (TPSA) is 69.7 Å². The fourth-order valence-corrected chi connectivity index (χ4v) is 2.98. The third-order valence-electron chi connectivity index (χ3n) is 4.70. The van der Waals surface area contributed by atoms with Gasteiger partial charge in [0.2, 0.25) is 0 Å². The molecule has 1 aliphatic heterocycles. The van der Waals surface area contributed by atoms with Gasteiger partial charge in [-0.15, -0.1) is 13.2 Å². The summed E-state index contributed by atoms with van der Waals surface area (Å²) < 4.78 is 40.3. The number of ether oxygens (including phenoxy) is 1. The molecule has 2 aromatic rings. The molecule has 1 fully saturated rings. The molecule has 0 atom stereocenters. The fraction of sp³-hybridized carbons (Fsp3) is 0.400. The molecule has 1 aromatic heterocycles. The monoisotopic (exact) mass is 423 g/mol. The number of carbonyl (C=O) groups excluding carboxylic acids is 1. The number of hydrogen-bond donors (Lipinski definition) is 2. The molecule has 10 heteroatoms. The first-order valence-corrected chi connectivity index (χ1v) is 9.53. The summed E-state index contributed by atoms with van der Waals surface area (Å²) in [7, 11) is 2.10. The molecule has 2 heterocycles. The lowest BCUT2D eigenvalue weighted by Crippen LogP contribution is -2.44. The number of carbonyl (C=O) groups is 1. The van der Waals surface area contributed by atoms with Crippen molar-refractivity contribution in [2.24, 2.45) is 0 Å². The van der Waals surface area contributed by atoms with E-state index >= 15 is 0 Å². The SMILES string of the molecule is CN1CCN(c2ccc(CNC(=O)NCc3ccc(OC(F)(F)F)cc3)cn2)CC1. The van der Waals surface area contributed by atoms with Gasteiger partial charge in [0, 0.05) is 45.5 Å². The van der Waals surface area contributed by atoms with Crippen LogP contribution in [0.5, 0.6) is 5.75 Å². The summed E-state index contributed by atoms with van der Waals surface area (Å²) in [5, 5.41) is 5.39. The number of amides is 2. The summed E-state index contributed by atoms with van der Waals surface area (Å²) in [5.74, 6) is 0.623. The van der Waals surface area contributed by atoms with Crippen molar-refractivity contribution < 1.29 is 22.7 Å². The summed E-state index contributed by atoms with van der Waals surface area (Å²) >= 11 is 0. The van der Waals surface area contributed by atoms with Gasteiger partial charge in [-0.1, -0.05) is 18.2 Å². The van der Waals surface area contributed by atoms with Crippen molar-refractivity contribution in [2.45, 2.75) is 19.5 Å². The maximum absolute atomic E-state index is 12.2. The predicted octanol–water partition coefficient (Wildman–Crippen LogP) is 2.73. The van der Waals surface area contributed by atoms with E-state index in [0.29, 0.717) is 12.1 Å². The van der Waals surface area contributed by atoms with Crippen LogP contribution in [0.4, 0.5) is 23.8 Å². The number of likely N-dealkylation sites (N-methyl/N-ethyl adjacent to an activating group) is 1. The van der Waals surface area contributed by atoms with Crippen molar-refractivity contribution in [1.82, 2.24) is 20.5 Å². The number of aromatic nitrogens is 1. The minimum Gasteiger partial charge on any atom is -0.406 e. The predicted molar refractivity (Wildman–Crippen MR) is 106 cm³/mol. The van der Waals surface area contributed by atoms with E-state index in [9.17, 15) is 18.0 Å². The van der Waals surface area contributed by atoms with Gasteiger partial charge < -0.3 is 25.2 Å². The van der Waals surface area contributed by atoms with Gasteiger partial charge in [0.1, 0.15) is 11.6 Å². The van der Waals surface area contributed by atoms with Crippen LogP contribution in [0.25, 0.3) is 0 Å². The molecule has 1 aliphatic rings. The van der Waals surface area contributed by atoms with E-state index in [1.807, 2.05) is 12.1 Å². The number of halogens is 3. The third-order valence-corrected chi connectivity index (χ3v) is 4.70. The van der Waals surface area contributed by atoms with Crippen LogP contribution in [0.2, 0.25) is 0 Å². The van der Waals surface area contributed by atoms with Gasteiger partial charge in [-0.25, -0.2) is 9.78 Å². The Balaban J connectivity index is 1.40. The van der Waals surface area contributed by atoms with Crippen LogP contribution in [0, 0.1) is 0 Å². The van der Waals surface area contributed by atoms with E-state index < -0.39 is 6.36 Å². The smallest absolute Gasteiger partial charge is 0.406 e. The van der Waals surface area contributed by atoms with Crippen LogP contribution >= 0.6 is 0 Å². The molecule has 1 saturated heterocycles. The molecule has 0 radical (unpaired) electrons. The lowest BCUT2D eigenvalue weighted by atomic mass is 10.2. The highest BCUT2D eigenvalue weighted by Gasteiger charge is 2.30. The lowest BCUT2D eigenvalue weighted by Gasteiger charge is -2.33. The molecule has 30 heavy (non-hydrogen) atoms. The number of alkyl halides is 3. The normalized spacial score (nSPS) is 15.0. The van der Waals surface area contributed by atoms with Crippen molar-refractivity contribution in [1.29, 1.82) is 0 Å². The zero-order valence-corrected chi connectivity index (χ0v) is 16.6. The summed E-state index contributed by atoms with van der Waals surface area (Å²) in [6.45, 7) is 4.38. The number of rotatable bonds is 6. The Bertz CT molecular complexity index is 820. The number of hydrogen-bond acceptors (Lipinski definition) is 5. The first-order valence-electron chi connectivity index (χ1n) is 9.53. The highest BCUT2D eigenvalue weighted by molar-refractivity contribution is 5.73. The highest BCUT2D eigenvalue weighted by atomic mass is 19.4. The van der Waals surface area contributed by atoms with Crippen LogP contribution in [-0.4, -0.2) is 55.5 Å². The summed E-state index contributed by atoms with van der Waals surface area (Å²) in [4.78, 5) is 20.9. The minimum absolute atomic E-state index is 0.179. The Labute approximate surface area is 172 Å². The molecule has 3 rings (SSSR count). The zero-order chi connectivity index (χ0) is 21.6. The van der Waals surface area contributed by atoms with Crippen LogP contribution < -0.4 is 20.3 Å². The molecule has 0 bridgehead atoms. The second-order valence-corrected chi connectivity index (χ2v) is 7.04. The van der Waals surface area contributed by atoms with Crippen LogP contribution in [0.1, 0.15) is 11.1 Å². The van der Waals surface area contributed by atoms with E-state index in [4.69, 9.17) is 0 Å². The summed E-state index contributed by atoms with van der Waals surface area (Å²) in [5.41, 5.74) is 1.52. The third kappa shape index (κ3) is 6.80. The summed E-state index contributed by atoms with van der Waals surface area (Å²) in [6, 6.07) is 8.83. The molecule has 7 nitrogen and oxygen atoms in total. The molecule has 2 N–H and O–H groups in total. The minimum atomic E-state index is -4.72. The number of benzene rings is 1. The molecule has 0 spiro atoms. The quantitative estimate of drug-likeness (QED) is 0.748. The van der Waals surface area contributed by atoms with E-state index in [2.05, 4.69) is 37.2 Å². The molecule has 2 amide bonds. The molecule has 162 valence electrons. The number of urea groups is 1. The number of nitrogens with zero attached hydrogens (tertiary/aromatic N) is 3. The number of piperazine rings is 1. The van der Waals surface area contributed by atoms with Crippen LogP contribution in [0.3, 0.4) is 0 Å². The maximum Gasteiger partial charge on any atom is 0.573 e. The van der Waals surface area contributed by atoms with Gasteiger partial charge in [0.25, 0.3) is 0 Å². The number of anilines is 1. The molecule has 1 aromatic carbocycles. The van der Waals surface area contributed by atoms with E-state index in [-0.39, 0.29) is 18.3 Å². The lowest BCUT2D eigenvalue weighted by molar-refractivity contribution is -0.274. The highest BCUT2D eigenvalue weighted by Crippen LogP contribution is 2.22. The van der Waals surface area contributed by atoms with Crippen molar-refractivity contribution in [3.05, 3.63) is 53.7 Å². The fourth-order valence-electron chi connectivity index (χ4n) is 2.98. The molecular formula is C20H24F3N5O2. The van der Waals surface area contributed by atoms with E-state index in [0.717, 1.165) is 37.6 Å². The number of nitrogens with one attached hydrogen (secondary N) is 2.